The van der Waals surface area contributed by atoms with Gasteiger partial charge in [0.15, 0.2) is 0 Å². The minimum absolute atomic E-state index is 0.195. The summed E-state index contributed by atoms with van der Waals surface area (Å²) < 4.78 is 14.7. The fourth-order valence-electron chi connectivity index (χ4n) is 2.73. The molecule has 0 saturated carbocycles. The van der Waals surface area contributed by atoms with Crippen molar-refractivity contribution in [2.45, 2.75) is 12.5 Å². The Kier molecular flexibility index (Phi) is 3.60. The molecule has 0 bridgehead atoms. The highest BCUT2D eigenvalue weighted by Gasteiger charge is 2.22. The number of hydrogen-bond acceptors (Lipinski definition) is 2. The number of fused-ring (bicyclic) bond motifs is 1. The third kappa shape index (κ3) is 2.42. The van der Waals surface area contributed by atoms with Crippen molar-refractivity contribution < 1.29 is 4.39 Å². The summed E-state index contributed by atoms with van der Waals surface area (Å²) in [5.74, 6) is -0.195. The molecule has 0 amide bonds. The summed E-state index contributed by atoms with van der Waals surface area (Å²) in [6.45, 7) is 3.07. The Balaban J connectivity index is 1.96. The lowest BCUT2D eigenvalue weighted by atomic mass is 10.0. The van der Waals surface area contributed by atoms with E-state index in [4.69, 9.17) is 0 Å². The molecule has 0 aliphatic carbocycles. The van der Waals surface area contributed by atoms with Gasteiger partial charge in [0.2, 0.25) is 0 Å². The fraction of sp³-hybridized carbons (Fsp3) is 0.429. The molecule has 1 aliphatic rings. The topological polar surface area (TPSA) is 31.1 Å². The number of para-hydroxylation sites is 1. The number of piperazine rings is 1. The van der Waals surface area contributed by atoms with Crippen LogP contribution in [0.25, 0.3) is 10.9 Å². The number of rotatable bonds is 2. The Bertz CT molecular complexity index is 596. The van der Waals surface area contributed by atoms with Crippen molar-refractivity contribution in [3.8, 4) is 0 Å². The monoisotopic (exact) mass is 325 g/mol. The van der Waals surface area contributed by atoms with E-state index in [9.17, 15) is 4.39 Å². The van der Waals surface area contributed by atoms with Crippen molar-refractivity contribution in [3.05, 3.63) is 34.2 Å². The first-order valence-corrected chi connectivity index (χ1v) is 7.31. The Morgan fingerprint density at radius 2 is 2.32 bits per heavy atom. The predicted octanol–water partition coefficient (Wildman–Crippen LogP) is 2.52. The van der Waals surface area contributed by atoms with E-state index in [1.165, 1.54) is 6.07 Å². The summed E-state index contributed by atoms with van der Waals surface area (Å²) in [7, 11) is 2.15. The number of nitrogens with one attached hydrogen (secondary N) is 2. The van der Waals surface area contributed by atoms with Crippen LogP contribution in [0.1, 0.15) is 5.56 Å². The lowest BCUT2D eigenvalue weighted by Crippen LogP contribution is -2.50. The van der Waals surface area contributed by atoms with Gasteiger partial charge < -0.3 is 15.2 Å². The van der Waals surface area contributed by atoms with E-state index in [0.717, 1.165) is 41.6 Å². The summed E-state index contributed by atoms with van der Waals surface area (Å²) >= 11 is 3.53. The Morgan fingerprint density at radius 1 is 1.47 bits per heavy atom. The summed E-state index contributed by atoms with van der Waals surface area (Å²) in [5, 5.41) is 4.39. The van der Waals surface area contributed by atoms with Crippen LogP contribution in [0.15, 0.2) is 22.8 Å². The summed E-state index contributed by atoms with van der Waals surface area (Å²) in [6.07, 6.45) is 0.910. The first-order chi connectivity index (χ1) is 9.16. The molecule has 5 heteroatoms. The molecule has 3 nitrogen and oxygen atoms in total. The summed E-state index contributed by atoms with van der Waals surface area (Å²) in [5.41, 5.74) is 1.76. The van der Waals surface area contributed by atoms with Crippen LogP contribution in [0.2, 0.25) is 0 Å². The third-order valence-corrected chi connectivity index (χ3v) is 4.60. The van der Waals surface area contributed by atoms with Crippen LogP contribution < -0.4 is 5.32 Å². The van der Waals surface area contributed by atoms with Crippen molar-refractivity contribution in [1.82, 2.24) is 15.2 Å². The van der Waals surface area contributed by atoms with E-state index in [0.29, 0.717) is 11.6 Å². The number of aromatic amines is 1. The minimum Gasteiger partial charge on any atom is -0.347 e. The number of nitrogens with zero attached hydrogens (tertiary/aromatic N) is 1. The molecule has 2 aromatic rings. The highest BCUT2D eigenvalue weighted by Crippen LogP contribution is 2.29. The zero-order valence-corrected chi connectivity index (χ0v) is 12.4. The molecule has 1 unspecified atom stereocenters. The van der Waals surface area contributed by atoms with Gasteiger partial charge in [0.05, 0.1) is 10.1 Å². The molecule has 102 valence electrons. The molecule has 2 heterocycles. The molecule has 1 saturated heterocycles. The van der Waals surface area contributed by atoms with Crippen molar-refractivity contribution in [2.75, 3.05) is 26.7 Å². The molecule has 1 aromatic carbocycles. The summed E-state index contributed by atoms with van der Waals surface area (Å²) in [6, 6.07) is 5.69. The standard InChI is InChI=1S/C14H17BrFN3/c1-19-6-5-17-8-9(19)7-11-10-3-2-4-12(16)13(10)18-14(11)15/h2-4,9,17-18H,5-8H2,1H3. The average molecular weight is 326 g/mol. The van der Waals surface area contributed by atoms with E-state index in [1.54, 1.807) is 6.07 Å². The molecule has 19 heavy (non-hydrogen) atoms. The highest BCUT2D eigenvalue weighted by atomic mass is 79.9. The van der Waals surface area contributed by atoms with Crippen LogP contribution in [0.5, 0.6) is 0 Å². The van der Waals surface area contributed by atoms with Gasteiger partial charge >= 0.3 is 0 Å². The molecule has 2 N–H and O–H groups in total. The van der Waals surface area contributed by atoms with E-state index in [2.05, 4.69) is 38.2 Å². The van der Waals surface area contributed by atoms with Crippen molar-refractivity contribution in [2.24, 2.45) is 0 Å². The Morgan fingerprint density at radius 3 is 3.11 bits per heavy atom. The highest BCUT2D eigenvalue weighted by molar-refractivity contribution is 9.10. The smallest absolute Gasteiger partial charge is 0.147 e. The lowest BCUT2D eigenvalue weighted by Gasteiger charge is -2.33. The van der Waals surface area contributed by atoms with Crippen molar-refractivity contribution in [3.63, 3.8) is 0 Å². The lowest BCUT2D eigenvalue weighted by molar-refractivity contribution is 0.199. The van der Waals surface area contributed by atoms with Gasteiger partial charge in [0.1, 0.15) is 5.82 Å². The molecule has 1 fully saturated rings. The van der Waals surface area contributed by atoms with E-state index >= 15 is 0 Å². The van der Waals surface area contributed by atoms with Crippen LogP contribution in [0.3, 0.4) is 0 Å². The maximum atomic E-state index is 13.8. The van der Waals surface area contributed by atoms with Crippen LogP contribution in [-0.2, 0) is 6.42 Å². The average Bonchev–Trinajstić information content (AvgIpc) is 2.71. The van der Waals surface area contributed by atoms with E-state index < -0.39 is 0 Å². The second kappa shape index (κ2) is 5.23. The molecule has 0 spiro atoms. The predicted molar refractivity (Wildman–Crippen MR) is 78.9 cm³/mol. The number of halogens is 2. The molecule has 0 radical (unpaired) electrons. The number of aromatic nitrogens is 1. The largest absolute Gasteiger partial charge is 0.347 e. The van der Waals surface area contributed by atoms with Gasteiger partial charge in [0, 0.05) is 31.1 Å². The zero-order valence-electron chi connectivity index (χ0n) is 10.8. The molecular weight excluding hydrogens is 309 g/mol. The maximum absolute atomic E-state index is 13.8. The van der Waals surface area contributed by atoms with E-state index in [1.807, 2.05) is 6.07 Å². The van der Waals surface area contributed by atoms with Crippen LogP contribution in [0, 0.1) is 5.82 Å². The van der Waals surface area contributed by atoms with Gasteiger partial charge in [0.25, 0.3) is 0 Å². The zero-order chi connectivity index (χ0) is 13.4. The number of H-pyrrole nitrogens is 1. The van der Waals surface area contributed by atoms with Crippen LogP contribution >= 0.6 is 15.9 Å². The van der Waals surface area contributed by atoms with Crippen LogP contribution in [-0.4, -0.2) is 42.6 Å². The first-order valence-electron chi connectivity index (χ1n) is 6.52. The molecule has 3 rings (SSSR count). The fourth-order valence-corrected chi connectivity index (χ4v) is 3.31. The SMILES string of the molecule is CN1CCNCC1Cc1c(Br)[nH]c2c(F)cccc12. The molecule has 1 aliphatic heterocycles. The van der Waals surface area contributed by atoms with Crippen molar-refractivity contribution in [1.29, 1.82) is 0 Å². The third-order valence-electron chi connectivity index (χ3n) is 3.92. The first kappa shape index (κ1) is 13.1. The minimum atomic E-state index is -0.195. The summed E-state index contributed by atoms with van der Waals surface area (Å²) in [4.78, 5) is 5.46. The number of hydrogen-bond donors (Lipinski definition) is 2. The Labute approximate surface area is 120 Å². The second-order valence-corrected chi connectivity index (χ2v) is 5.92. The quantitative estimate of drug-likeness (QED) is 0.889. The van der Waals surface area contributed by atoms with Gasteiger partial charge in [-0.1, -0.05) is 12.1 Å². The number of benzene rings is 1. The molecular formula is C14H17BrFN3. The molecule has 1 aromatic heterocycles. The molecule has 1 atom stereocenters. The van der Waals surface area contributed by atoms with Crippen molar-refractivity contribution >= 4 is 26.8 Å². The van der Waals surface area contributed by atoms with Gasteiger partial charge in [-0.25, -0.2) is 4.39 Å². The normalized spacial score (nSPS) is 21.1. The van der Waals surface area contributed by atoms with Gasteiger partial charge in [-0.05, 0) is 41.0 Å². The second-order valence-electron chi connectivity index (χ2n) is 5.12. The van der Waals surface area contributed by atoms with E-state index in [-0.39, 0.29) is 5.82 Å². The van der Waals surface area contributed by atoms with Gasteiger partial charge in [-0.3, -0.25) is 0 Å². The van der Waals surface area contributed by atoms with Gasteiger partial charge in [-0.2, -0.15) is 0 Å². The Hall–Kier alpha value is -0.910. The maximum Gasteiger partial charge on any atom is 0.147 e. The van der Waals surface area contributed by atoms with Gasteiger partial charge in [-0.15, -0.1) is 0 Å². The number of likely N-dealkylation sites (N-methyl/N-ethyl adjacent to an activating group) is 1. The van der Waals surface area contributed by atoms with Crippen LogP contribution in [0.4, 0.5) is 4.39 Å².